The summed E-state index contributed by atoms with van der Waals surface area (Å²) in [5.41, 5.74) is -0.0694. The molecule has 0 aromatic heterocycles. The lowest BCUT2D eigenvalue weighted by molar-refractivity contribution is -0.105. The normalized spacial score (nSPS) is 18.8. The summed E-state index contributed by atoms with van der Waals surface area (Å²) in [6.07, 6.45) is 2.22. The Morgan fingerprint density at radius 3 is 2.70 bits per heavy atom. The molecule has 1 nitrogen and oxygen atoms in total. The number of carbonyl (C=O) groups is 1. The molecule has 1 rings (SSSR count). The predicted molar refractivity (Wildman–Crippen MR) is 32.6 cm³/mol. The van der Waals surface area contributed by atoms with Gasteiger partial charge in [-0.1, -0.05) is 0 Å². The van der Waals surface area contributed by atoms with Gasteiger partial charge in [-0.3, -0.25) is 4.79 Å². The number of carbonyl (C=O) groups excluding carboxylic acids is 1. The van der Waals surface area contributed by atoms with E-state index in [1.54, 1.807) is 0 Å². The van der Waals surface area contributed by atoms with Crippen LogP contribution in [0.1, 0.15) is 12.8 Å². The van der Waals surface area contributed by atoms with E-state index in [1.807, 2.05) is 0 Å². The van der Waals surface area contributed by atoms with Crippen molar-refractivity contribution in [2.24, 2.45) is 0 Å². The second kappa shape index (κ2) is 2.73. The highest BCUT2D eigenvalue weighted by atomic mass is 19.2. The largest absolute Gasteiger partial charge is 0.298 e. The Hall–Kier alpha value is -0.990. The maximum absolute atomic E-state index is 12.4. The second-order valence-electron chi connectivity index (χ2n) is 2.05. The average molecular weight is 144 g/mol. The third kappa shape index (κ3) is 1.12. The molecule has 0 spiro atoms. The van der Waals surface area contributed by atoms with Crippen LogP contribution < -0.4 is 0 Å². The number of aldehydes is 1. The first-order valence-corrected chi connectivity index (χ1v) is 2.95. The van der Waals surface area contributed by atoms with Crippen molar-refractivity contribution in [3.8, 4) is 0 Å². The molecular weight excluding hydrogens is 138 g/mol. The first kappa shape index (κ1) is 7.12. The van der Waals surface area contributed by atoms with Gasteiger partial charge in [-0.15, -0.1) is 0 Å². The number of hydrogen-bond acceptors (Lipinski definition) is 1. The zero-order valence-corrected chi connectivity index (χ0v) is 5.23. The van der Waals surface area contributed by atoms with Crippen LogP contribution in [-0.2, 0) is 4.79 Å². The number of hydrogen-bond donors (Lipinski definition) is 0. The molecule has 0 bridgehead atoms. The van der Waals surface area contributed by atoms with Crippen LogP contribution in [0.15, 0.2) is 23.3 Å². The minimum atomic E-state index is -0.999. The molecule has 0 aromatic rings. The van der Waals surface area contributed by atoms with E-state index in [4.69, 9.17) is 0 Å². The van der Waals surface area contributed by atoms with Crippen LogP contribution in [0.25, 0.3) is 0 Å². The van der Waals surface area contributed by atoms with Crippen molar-refractivity contribution in [2.45, 2.75) is 12.8 Å². The molecule has 0 saturated heterocycles. The van der Waals surface area contributed by atoms with Crippen LogP contribution in [0.4, 0.5) is 8.78 Å². The summed E-state index contributed by atoms with van der Waals surface area (Å²) in [6.45, 7) is 0. The molecule has 0 heterocycles. The molecule has 3 heteroatoms. The van der Waals surface area contributed by atoms with Gasteiger partial charge in [0.05, 0.1) is 0 Å². The molecule has 0 aliphatic heterocycles. The molecule has 0 saturated carbocycles. The summed E-state index contributed by atoms with van der Waals surface area (Å²) < 4.78 is 24.7. The third-order valence-electron chi connectivity index (χ3n) is 1.37. The summed E-state index contributed by atoms with van der Waals surface area (Å²) >= 11 is 0. The number of halogens is 2. The van der Waals surface area contributed by atoms with Crippen molar-refractivity contribution < 1.29 is 13.6 Å². The van der Waals surface area contributed by atoms with E-state index in [-0.39, 0.29) is 5.57 Å². The molecule has 0 radical (unpaired) electrons. The van der Waals surface area contributed by atoms with Crippen molar-refractivity contribution in [2.75, 3.05) is 0 Å². The fraction of sp³-hybridized carbons (Fsp3) is 0.286. The predicted octanol–water partition coefficient (Wildman–Crippen LogP) is 2.06. The quantitative estimate of drug-likeness (QED) is 0.515. The topological polar surface area (TPSA) is 17.1 Å². The van der Waals surface area contributed by atoms with Crippen molar-refractivity contribution in [1.29, 1.82) is 0 Å². The van der Waals surface area contributed by atoms with Gasteiger partial charge in [-0.2, -0.15) is 0 Å². The van der Waals surface area contributed by atoms with E-state index in [0.29, 0.717) is 19.1 Å². The highest BCUT2D eigenvalue weighted by Crippen LogP contribution is 2.25. The second-order valence-corrected chi connectivity index (χ2v) is 2.05. The smallest absolute Gasteiger partial charge is 0.164 e. The molecule has 1 aliphatic carbocycles. The molecule has 0 amide bonds. The van der Waals surface area contributed by atoms with E-state index in [1.165, 1.54) is 0 Å². The summed E-state index contributed by atoms with van der Waals surface area (Å²) in [4.78, 5) is 10.0. The Kier molecular flexibility index (Phi) is 1.94. The zero-order chi connectivity index (χ0) is 7.56. The maximum Gasteiger partial charge on any atom is 0.164 e. The van der Waals surface area contributed by atoms with Gasteiger partial charge in [0.1, 0.15) is 6.29 Å². The highest BCUT2D eigenvalue weighted by molar-refractivity contribution is 5.75. The first-order chi connectivity index (χ1) is 4.75. The zero-order valence-electron chi connectivity index (χ0n) is 5.23. The minimum Gasteiger partial charge on any atom is -0.298 e. The highest BCUT2D eigenvalue weighted by Gasteiger charge is 2.14. The van der Waals surface area contributed by atoms with Crippen LogP contribution in [0.2, 0.25) is 0 Å². The van der Waals surface area contributed by atoms with E-state index >= 15 is 0 Å². The summed E-state index contributed by atoms with van der Waals surface area (Å²) in [5, 5.41) is 0. The molecule has 0 N–H and O–H groups in total. The fourth-order valence-corrected chi connectivity index (χ4v) is 0.818. The van der Waals surface area contributed by atoms with Crippen molar-refractivity contribution in [3.05, 3.63) is 23.3 Å². The van der Waals surface area contributed by atoms with Crippen LogP contribution in [0.5, 0.6) is 0 Å². The molecule has 54 valence electrons. The van der Waals surface area contributed by atoms with Crippen LogP contribution >= 0.6 is 0 Å². The van der Waals surface area contributed by atoms with Gasteiger partial charge in [-0.05, 0) is 18.9 Å². The molecule has 0 unspecified atom stereocenters. The SMILES string of the molecule is O=CC1=C(F)C(F)=CCC1. The van der Waals surface area contributed by atoms with Gasteiger partial charge in [0.15, 0.2) is 11.7 Å². The fourth-order valence-electron chi connectivity index (χ4n) is 0.818. The van der Waals surface area contributed by atoms with Gasteiger partial charge in [0.25, 0.3) is 0 Å². The lowest BCUT2D eigenvalue weighted by Crippen LogP contribution is -1.95. The number of rotatable bonds is 1. The molecule has 10 heavy (non-hydrogen) atoms. The van der Waals surface area contributed by atoms with E-state index < -0.39 is 11.7 Å². The van der Waals surface area contributed by atoms with Gasteiger partial charge in [-0.25, -0.2) is 8.78 Å². The Morgan fingerprint density at radius 1 is 1.50 bits per heavy atom. The molecule has 0 atom stereocenters. The van der Waals surface area contributed by atoms with Gasteiger partial charge < -0.3 is 0 Å². The maximum atomic E-state index is 12.4. The van der Waals surface area contributed by atoms with Gasteiger partial charge in [0.2, 0.25) is 0 Å². The Labute approximate surface area is 57.0 Å². The molecule has 0 aromatic carbocycles. The van der Waals surface area contributed by atoms with E-state index in [9.17, 15) is 13.6 Å². The summed E-state index contributed by atoms with van der Waals surface area (Å²) in [5.74, 6) is -1.91. The number of allylic oxidation sites excluding steroid dienone is 4. The van der Waals surface area contributed by atoms with Gasteiger partial charge in [0, 0.05) is 5.57 Å². The van der Waals surface area contributed by atoms with Crippen molar-refractivity contribution >= 4 is 6.29 Å². The lowest BCUT2D eigenvalue weighted by Gasteiger charge is -2.04. The van der Waals surface area contributed by atoms with E-state index in [0.717, 1.165) is 6.08 Å². The van der Waals surface area contributed by atoms with E-state index in [2.05, 4.69) is 0 Å². The third-order valence-corrected chi connectivity index (χ3v) is 1.37. The van der Waals surface area contributed by atoms with Crippen LogP contribution in [0.3, 0.4) is 0 Å². The molecule has 1 aliphatic rings. The Bertz CT molecular complexity index is 216. The first-order valence-electron chi connectivity index (χ1n) is 2.95. The van der Waals surface area contributed by atoms with Crippen LogP contribution in [0, 0.1) is 0 Å². The monoisotopic (exact) mass is 144 g/mol. The van der Waals surface area contributed by atoms with Crippen molar-refractivity contribution in [1.82, 2.24) is 0 Å². The summed E-state index contributed by atoms with van der Waals surface area (Å²) in [6, 6.07) is 0. The van der Waals surface area contributed by atoms with Crippen molar-refractivity contribution in [3.63, 3.8) is 0 Å². The average Bonchev–Trinajstić information content (AvgIpc) is 1.95. The molecular formula is C7H6F2O. The Morgan fingerprint density at radius 2 is 2.20 bits per heavy atom. The Balaban J connectivity index is 2.95. The molecule has 0 fully saturated rings. The standard InChI is InChI=1S/C7H6F2O/c8-6-3-1-2-5(4-10)7(6)9/h3-4H,1-2H2. The lowest BCUT2D eigenvalue weighted by atomic mass is 10.1. The summed E-state index contributed by atoms with van der Waals surface area (Å²) in [7, 11) is 0. The minimum absolute atomic E-state index is 0.0694. The van der Waals surface area contributed by atoms with Crippen LogP contribution in [-0.4, -0.2) is 6.29 Å². The van der Waals surface area contributed by atoms with Gasteiger partial charge >= 0.3 is 0 Å².